The van der Waals surface area contributed by atoms with Gasteiger partial charge in [-0.05, 0) is 112 Å². The van der Waals surface area contributed by atoms with Crippen LogP contribution in [0.2, 0.25) is 0 Å². The van der Waals surface area contributed by atoms with Crippen LogP contribution in [0.15, 0.2) is 71.4 Å². The number of nitrogens with one attached hydrogen (secondary N) is 2. The van der Waals surface area contributed by atoms with Gasteiger partial charge < -0.3 is 71.8 Å². The highest BCUT2D eigenvalue weighted by molar-refractivity contribution is 14.1. The average molecular weight is 1190 g/mol. The number of phenols is 2. The number of phenolic OH excluding ortho intramolecular Hbond substituents is 2. The minimum atomic E-state index is -2.58. The number of carbonyl (C=O) groups excluding carboxylic acids is 6. The second-order valence-corrected chi connectivity index (χ2v) is 22.2. The van der Waals surface area contributed by atoms with Gasteiger partial charge in [0.05, 0.1) is 32.0 Å². The Labute approximate surface area is 460 Å². The van der Waals surface area contributed by atoms with E-state index in [2.05, 4.69) is 20.4 Å². The van der Waals surface area contributed by atoms with E-state index in [0.717, 1.165) is 11.4 Å². The van der Waals surface area contributed by atoms with Gasteiger partial charge in [-0.25, -0.2) is 0 Å². The third-order valence-corrected chi connectivity index (χ3v) is 16.6. The minimum absolute atomic E-state index is 0.0714. The van der Waals surface area contributed by atoms with Gasteiger partial charge in [0.1, 0.15) is 23.0 Å². The van der Waals surface area contributed by atoms with Crippen molar-refractivity contribution in [1.82, 2.24) is 30.2 Å². The lowest BCUT2D eigenvalue weighted by atomic mass is 9.57. The van der Waals surface area contributed by atoms with Crippen LogP contribution in [-0.4, -0.2) is 193 Å². The van der Waals surface area contributed by atoms with E-state index >= 15 is 0 Å². The van der Waals surface area contributed by atoms with E-state index in [9.17, 15) is 59.4 Å². The third-order valence-electron chi connectivity index (χ3n) is 15.7. The van der Waals surface area contributed by atoms with Crippen LogP contribution in [0.3, 0.4) is 0 Å². The van der Waals surface area contributed by atoms with E-state index in [-0.39, 0.29) is 46.6 Å². The summed E-state index contributed by atoms with van der Waals surface area (Å²) in [7, 11) is 12.9. The van der Waals surface area contributed by atoms with Gasteiger partial charge >= 0.3 is 7.12 Å². The standard InChI is InChI=1S/C26H29N5O6.C23H26IN3O6.C3H5BN2O2/c1-30(2)17-7-13(12-9-28-29-10-12)21(32)20-14(17)5-11-6-16-18(31(3)4)8-15(25(27)36)23(34)26(16,37)24(35)19(11)22(20)33;1-26(2)14-8-13(24)18(28)17-10(14)5-9-6-12-15(27(3)4)7-11(22(25)32)20(30)23(12,33)21(31)16(9)19(17)29;7-4(8)3-1-5-6-2-3/h7-11,16,18,32-33,37H,5-6H2,1-4H3,(H2,27,36)(H,28,29);7-9,12,15,28-29,33H,5-6H2,1-4H3,(H2,25,32);1-2,7-8H,(H,5,6)/t11?,16?,18-,26-;9?,12?,15-,23-;/m11./s1. The molecule has 412 valence electrons. The first-order valence-corrected chi connectivity index (χ1v) is 25.6. The molecule has 0 radical (unpaired) electrons. The number of hydrogen-bond donors (Lipinski definition) is 12. The molecule has 2 amide bonds. The summed E-state index contributed by atoms with van der Waals surface area (Å²) in [6.45, 7) is 0. The van der Waals surface area contributed by atoms with Crippen LogP contribution in [0.25, 0.3) is 22.6 Å². The van der Waals surface area contributed by atoms with Crippen LogP contribution in [0.4, 0.5) is 11.4 Å². The number of rotatable bonds is 8. The first-order chi connectivity index (χ1) is 36.5. The molecule has 2 saturated carbocycles. The van der Waals surface area contributed by atoms with Crippen LogP contribution >= 0.6 is 22.6 Å². The van der Waals surface area contributed by atoms with Crippen molar-refractivity contribution in [2.75, 3.05) is 66.2 Å². The number of hydrogen-bond acceptors (Lipinski definition) is 20. The molecule has 2 fully saturated rings. The lowest BCUT2D eigenvalue weighted by Crippen LogP contribution is -2.65. The lowest BCUT2D eigenvalue weighted by molar-refractivity contribution is -0.161. The second-order valence-electron chi connectivity index (χ2n) is 21.1. The van der Waals surface area contributed by atoms with E-state index in [0.29, 0.717) is 44.1 Å². The number of ketones is 4. The van der Waals surface area contributed by atoms with Crippen molar-refractivity contribution in [3.63, 3.8) is 0 Å². The maximum atomic E-state index is 13.9. The first-order valence-electron chi connectivity index (χ1n) is 24.5. The molecule has 10 rings (SSSR count). The fraction of sp³-hybridized carbons (Fsp3) is 0.385. The summed E-state index contributed by atoms with van der Waals surface area (Å²) in [5, 5.41) is 97.3. The molecule has 2 heterocycles. The number of amides is 2. The highest BCUT2D eigenvalue weighted by Crippen LogP contribution is 2.55. The zero-order valence-electron chi connectivity index (χ0n) is 43.7. The maximum absolute atomic E-state index is 13.9. The molecule has 6 aliphatic rings. The number of carbonyl (C=O) groups is 6. The number of halogens is 1. The Morgan fingerprint density at radius 2 is 1.08 bits per heavy atom. The summed E-state index contributed by atoms with van der Waals surface area (Å²) < 4.78 is 0.487. The van der Waals surface area contributed by atoms with Crippen molar-refractivity contribution in [2.45, 2.75) is 49.0 Å². The van der Waals surface area contributed by atoms with Crippen molar-refractivity contribution in [1.29, 1.82) is 0 Å². The third kappa shape index (κ3) is 9.06. The zero-order valence-corrected chi connectivity index (χ0v) is 45.9. The number of aliphatic hydroxyl groups is 4. The molecule has 0 aliphatic heterocycles. The van der Waals surface area contributed by atoms with Crippen LogP contribution in [0.5, 0.6) is 11.5 Å². The monoisotopic (exact) mass is 1190 g/mol. The molecule has 4 unspecified atom stereocenters. The molecule has 2 aromatic carbocycles. The second kappa shape index (κ2) is 20.9. The Morgan fingerprint density at radius 1 is 0.654 bits per heavy atom. The average Bonchev–Trinajstić information content (AvgIpc) is 4.21. The van der Waals surface area contributed by atoms with Gasteiger partial charge in [0.2, 0.25) is 23.1 Å². The van der Waals surface area contributed by atoms with Crippen molar-refractivity contribution in [3.8, 4) is 22.6 Å². The molecule has 0 spiro atoms. The van der Waals surface area contributed by atoms with Gasteiger partial charge in [-0.3, -0.25) is 39.0 Å². The SMILES string of the molecule is CN(C)c1cc(-c2cn[nH]c2)c(O)c2c1CC1CC3[C@H](N(C)C)C=C(C(N)=O)C(=O)[C@@]3(O)C(=O)C1=C2O.CN(C)c1cc(I)c(O)c2c1CC1CC3[C@H](N(C)C)C=C(C(N)=O)C(=O)[C@@]3(O)C(=O)C1=C2O.OB(O)c1cn[nH]c1. The largest absolute Gasteiger partial charge is 0.507 e. The quantitative estimate of drug-likeness (QED) is 0.0452. The van der Waals surface area contributed by atoms with Crippen molar-refractivity contribution in [3.05, 3.63) is 97.2 Å². The van der Waals surface area contributed by atoms with Crippen molar-refractivity contribution in [2.24, 2.45) is 35.1 Å². The molecule has 26 heteroatoms. The molecule has 0 saturated heterocycles. The highest BCUT2D eigenvalue weighted by atomic mass is 127. The Balaban J connectivity index is 0.000000181. The Kier molecular flexibility index (Phi) is 15.2. The van der Waals surface area contributed by atoms with Gasteiger partial charge in [-0.15, -0.1) is 0 Å². The van der Waals surface area contributed by atoms with Crippen molar-refractivity contribution >= 4 is 93.0 Å². The summed E-state index contributed by atoms with van der Waals surface area (Å²) in [6, 6.07) is 2.39. The maximum Gasteiger partial charge on any atom is 0.491 e. The molecule has 6 aliphatic carbocycles. The number of aromatic nitrogens is 4. The number of anilines is 2. The van der Waals surface area contributed by atoms with E-state index in [4.69, 9.17) is 21.5 Å². The summed E-state index contributed by atoms with van der Waals surface area (Å²) in [6.07, 6.45) is 9.76. The fourth-order valence-electron chi connectivity index (χ4n) is 12.0. The molecule has 14 N–H and O–H groups in total. The molecule has 24 nitrogen and oxygen atoms in total. The van der Waals surface area contributed by atoms with Gasteiger partial charge in [0.25, 0.3) is 11.8 Å². The lowest BCUT2D eigenvalue weighted by Gasteiger charge is -2.49. The summed E-state index contributed by atoms with van der Waals surface area (Å²) >= 11 is 1.94. The van der Waals surface area contributed by atoms with E-state index in [1.807, 2.05) is 66.6 Å². The molecule has 78 heavy (non-hydrogen) atoms. The zero-order chi connectivity index (χ0) is 57.5. The Morgan fingerprint density at radius 3 is 1.44 bits per heavy atom. The highest BCUT2D eigenvalue weighted by Gasteiger charge is 2.64. The minimum Gasteiger partial charge on any atom is -0.507 e. The van der Waals surface area contributed by atoms with E-state index in [1.54, 1.807) is 50.3 Å². The fourth-order valence-corrected chi connectivity index (χ4v) is 12.6. The number of fused-ring (bicyclic) bond motifs is 6. The number of aliphatic hydroxyl groups excluding tert-OH is 2. The van der Waals surface area contributed by atoms with Crippen LogP contribution in [0, 0.1) is 27.2 Å². The normalized spacial score (nSPS) is 25.9. The number of primary amides is 2. The molecule has 8 atom stereocenters. The van der Waals surface area contributed by atoms with Gasteiger partial charge in [0, 0.05) is 110 Å². The van der Waals surface area contributed by atoms with Gasteiger partial charge in [0.15, 0.2) is 11.2 Å². The first kappa shape index (κ1) is 57.0. The number of benzene rings is 2. The molecule has 0 bridgehead atoms. The Hall–Kier alpha value is -7.21. The molecular weight excluding hydrogens is 1130 g/mol. The Bertz CT molecular complexity index is 3310. The number of nitrogens with zero attached hydrogens (tertiary/aromatic N) is 6. The number of nitrogens with two attached hydrogens (primary N) is 2. The number of likely N-dealkylation sites (N-methyl/N-ethyl adjacent to an activating group) is 2. The summed E-state index contributed by atoms with van der Waals surface area (Å²) in [5.74, 6) is -10.1. The molecule has 2 aromatic heterocycles. The van der Waals surface area contributed by atoms with Crippen LogP contribution in [0.1, 0.15) is 35.1 Å². The number of aromatic hydroxyl groups is 2. The summed E-state index contributed by atoms with van der Waals surface area (Å²) in [5.41, 5.74) is 9.01. The van der Waals surface area contributed by atoms with Crippen LogP contribution in [-0.2, 0) is 41.6 Å². The van der Waals surface area contributed by atoms with Gasteiger partial charge in [-0.1, -0.05) is 12.2 Å². The predicted molar refractivity (Wildman–Crippen MR) is 293 cm³/mol. The topological polar surface area (TPSA) is 387 Å². The smallest absolute Gasteiger partial charge is 0.491 e. The van der Waals surface area contributed by atoms with E-state index in [1.165, 1.54) is 30.7 Å². The number of H-pyrrole nitrogens is 2. The van der Waals surface area contributed by atoms with Crippen molar-refractivity contribution < 1.29 is 69.5 Å². The number of aromatic amines is 2. The van der Waals surface area contributed by atoms with Gasteiger partial charge in [-0.2, -0.15) is 10.2 Å². The molecular formula is C52H60BIN10O14. The van der Waals surface area contributed by atoms with E-state index < -0.39 is 112 Å². The predicted octanol–water partition coefficient (Wildman–Crippen LogP) is -0.627. The van der Waals surface area contributed by atoms with Crippen LogP contribution < -0.4 is 26.7 Å². The number of Topliss-reactive ketones (excluding diaryl/α,β-unsaturated/α-hetero) is 4. The summed E-state index contributed by atoms with van der Waals surface area (Å²) in [4.78, 5) is 85.3. The molecule has 4 aromatic rings.